The van der Waals surface area contributed by atoms with Crippen molar-refractivity contribution in [2.75, 3.05) is 37.6 Å². The Hall–Kier alpha value is -1.33. The van der Waals surface area contributed by atoms with Crippen LogP contribution in [0.15, 0.2) is 12.3 Å². The van der Waals surface area contributed by atoms with Crippen LogP contribution >= 0.6 is 11.6 Å². The van der Waals surface area contributed by atoms with Crippen LogP contribution in [-0.4, -0.2) is 48.5 Å². The summed E-state index contributed by atoms with van der Waals surface area (Å²) in [5, 5.41) is 0.502. The Balaban J connectivity index is 1.55. The number of anilines is 1. The second-order valence-corrected chi connectivity index (χ2v) is 7.09. The lowest BCUT2D eigenvalue weighted by Gasteiger charge is -2.38. The lowest BCUT2D eigenvalue weighted by molar-refractivity contribution is 0.1000. The molecular weight excluding hydrogens is 312 g/mol. The largest absolute Gasteiger partial charge is 0.366 e. The van der Waals surface area contributed by atoms with Crippen LogP contribution in [0.3, 0.4) is 0 Å². The van der Waals surface area contributed by atoms with Crippen LogP contribution in [-0.2, 0) is 0 Å². The predicted molar refractivity (Wildman–Crippen MR) is 93.0 cm³/mol. The predicted octanol–water partition coefficient (Wildman–Crippen LogP) is 2.54. The fourth-order valence-corrected chi connectivity index (χ4v) is 3.96. The van der Waals surface area contributed by atoms with Crippen LogP contribution in [0.1, 0.15) is 42.5 Å². The van der Waals surface area contributed by atoms with Gasteiger partial charge in [-0.05, 0) is 24.8 Å². The molecular formula is C17H25ClN4O. The van der Waals surface area contributed by atoms with Crippen LogP contribution in [0, 0.1) is 5.92 Å². The van der Waals surface area contributed by atoms with Gasteiger partial charge in [-0.1, -0.05) is 30.9 Å². The van der Waals surface area contributed by atoms with Crippen molar-refractivity contribution in [1.29, 1.82) is 0 Å². The summed E-state index contributed by atoms with van der Waals surface area (Å²) >= 11 is 6.27. The molecule has 1 saturated carbocycles. The van der Waals surface area contributed by atoms with E-state index in [0.717, 1.165) is 37.9 Å². The third-order valence-electron chi connectivity index (χ3n) is 5.02. The van der Waals surface area contributed by atoms with Gasteiger partial charge in [0.05, 0.1) is 10.6 Å². The van der Waals surface area contributed by atoms with Crippen molar-refractivity contribution < 1.29 is 4.79 Å². The van der Waals surface area contributed by atoms with E-state index in [0.29, 0.717) is 10.6 Å². The highest BCUT2D eigenvalue weighted by Gasteiger charge is 2.23. The molecule has 0 spiro atoms. The molecule has 6 heteroatoms. The highest BCUT2D eigenvalue weighted by Crippen LogP contribution is 2.27. The van der Waals surface area contributed by atoms with Crippen molar-refractivity contribution >= 4 is 23.3 Å². The van der Waals surface area contributed by atoms with Gasteiger partial charge >= 0.3 is 0 Å². The summed E-state index contributed by atoms with van der Waals surface area (Å²) in [4.78, 5) is 20.3. The van der Waals surface area contributed by atoms with E-state index in [9.17, 15) is 4.79 Å². The van der Waals surface area contributed by atoms with Crippen LogP contribution in [0.2, 0.25) is 5.02 Å². The third-order valence-corrected chi connectivity index (χ3v) is 5.30. The zero-order valence-electron chi connectivity index (χ0n) is 13.5. The Morgan fingerprint density at radius 3 is 2.52 bits per heavy atom. The van der Waals surface area contributed by atoms with Crippen molar-refractivity contribution in [2.45, 2.75) is 32.1 Å². The lowest BCUT2D eigenvalue weighted by atomic mass is 9.89. The van der Waals surface area contributed by atoms with Crippen LogP contribution in [0.4, 0.5) is 5.82 Å². The van der Waals surface area contributed by atoms with Crippen LogP contribution < -0.4 is 10.6 Å². The van der Waals surface area contributed by atoms with Gasteiger partial charge in [0.1, 0.15) is 5.82 Å². The van der Waals surface area contributed by atoms with Crippen molar-refractivity contribution in [2.24, 2.45) is 11.7 Å². The van der Waals surface area contributed by atoms with Gasteiger partial charge in [-0.15, -0.1) is 0 Å². The summed E-state index contributed by atoms with van der Waals surface area (Å²) in [7, 11) is 0. The summed E-state index contributed by atoms with van der Waals surface area (Å²) in [5.41, 5.74) is 5.62. The van der Waals surface area contributed by atoms with E-state index in [-0.39, 0.29) is 0 Å². The summed E-state index contributed by atoms with van der Waals surface area (Å²) in [5.74, 6) is 1.14. The van der Waals surface area contributed by atoms with Gasteiger partial charge in [0.15, 0.2) is 0 Å². The molecule has 0 aromatic carbocycles. The van der Waals surface area contributed by atoms with Crippen LogP contribution in [0.25, 0.3) is 0 Å². The quantitative estimate of drug-likeness (QED) is 0.917. The summed E-state index contributed by atoms with van der Waals surface area (Å²) in [6.07, 6.45) is 8.50. The zero-order chi connectivity index (χ0) is 16.2. The number of nitrogens with zero attached hydrogens (tertiary/aromatic N) is 3. The summed E-state index contributed by atoms with van der Waals surface area (Å²) in [6, 6.07) is 1.61. The molecule has 2 aliphatic rings. The first-order valence-corrected chi connectivity index (χ1v) is 8.94. The molecule has 2 N–H and O–H groups in total. The smallest absolute Gasteiger partial charge is 0.250 e. The maximum atomic E-state index is 11.2. The summed E-state index contributed by atoms with van der Waals surface area (Å²) in [6.45, 7) is 5.18. The molecule has 1 saturated heterocycles. The Labute approximate surface area is 142 Å². The van der Waals surface area contributed by atoms with E-state index < -0.39 is 5.91 Å². The number of carbonyl (C=O) groups excluding carboxylic acids is 1. The number of amides is 1. The van der Waals surface area contributed by atoms with E-state index in [1.807, 2.05) is 0 Å². The first-order chi connectivity index (χ1) is 11.1. The number of aromatic nitrogens is 1. The fraction of sp³-hybridized carbons (Fsp3) is 0.647. The first kappa shape index (κ1) is 16.5. The zero-order valence-corrected chi connectivity index (χ0v) is 14.3. The number of hydrogen-bond donors (Lipinski definition) is 1. The molecule has 1 aromatic rings. The van der Waals surface area contributed by atoms with Gasteiger partial charge in [0.2, 0.25) is 5.91 Å². The van der Waals surface area contributed by atoms with Crippen molar-refractivity contribution in [3.05, 3.63) is 22.8 Å². The Kier molecular flexibility index (Phi) is 5.38. The monoisotopic (exact) mass is 336 g/mol. The average molecular weight is 337 g/mol. The molecule has 0 radical (unpaired) electrons. The highest BCUT2D eigenvalue weighted by molar-refractivity contribution is 6.33. The maximum absolute atomic E-state index is 11.2. The normalized spacial score (nSPS) is 20.7. The number of rotatable bonds is 4. The molecule has 1 aliphatic carbocycles. The van der Waals surface area contributed by atoms with Gasteiger partial charge in [-0.25, -0.2) is 4.98 Å². The van der Waals surface area contributed by atoms with Crippen molar-refractivity contribution in [3.8, 4) is 0 Å². The topological polar surface area (TPSA) is 62.5 Å². The molecule has 1 amide bonds. The van der Waals surface area contributed by atoms with E-state index in [2.05, 4.69) is 14.8 Å². The Morgan fingerprint density at radius 1 is 1.22 bits per heavy atom. The number of hydrogen-bond acceptors (Lipinski definition) is 4. The molecule has 1 aromatic heterocycles. The van der Waals surface area contributed by atoms with Gasteiger partial charge < -0.3 is 10.6 Å². The first-order valence-electron chi connectivity index (χ1n) is 8.56. The minimum absolute atomic E-state index is 0.356. The van der Waals surface area contributed by atoms with E-state index in [1.165, 1.54) is 44.8 Å². The molecule has 2 fully saturated rings. The number of halogens is 1. The summed E-state index contributed by atoms with van der Waals surface area (Å²) < 4.78 is 0. The second kappa shape index (κ2) is 7.49. The standard InChI is InChI=1S/C17H25ClN4O/c18-15-10-14(16(19)23)11-20-17(15)22-8-6-21(7-9-22)12-13-4-2-1-3-5-13/h10-11,13H,1-9,12H2,(H2,19,23). The second-order valence-electron chi connectivity index (χ2n) is 6.69. The van der Waals surface area contributed by atoms with E-state index in [1.54, 1.807) is 6.07 Å². The SMILES string of the molecule is NC(=O)c1cnc(N2CCN(CC3CCCCC3)CC2)c(Cl)c1. The highest BCUT2D eigenvalue weighted by atomic mass is 35.5. The molecule has 0 bridgehead atoms. The van der Waals surface area contributed by atoms with Crippen LogP contribution in [0.5, 0.6) is 0 Å². The van der Waals surface area contributed by atoms with Gasteiger partial charge in [0.25, 0.3) is 0 Å². The Morgan fingerprint density at radius 2 is 1.91 bits per heavy atom. The number of primary amides is 1. The molecule has 0 atom stereocenters. The minimum atomic E-state index is -0.497. The molecule has 5 nitrogen and oxygen atoms in total. The third kappa shape index (κ3) is 4.15. The molecule has 2 heterocycles. The van der Waals surface area contributed by atoms with E-state index in [4.69, 9.17) is 17.3 Å². The molecule has 23 heavy (non-hydrogen) atoms. The lowest BCUT2D eigenvalue weighted by Crippen LogP contribution is -2.48. The minimum Gasteiger partial charge on any atom is -0.366 e. The molecule has 3 rings (SSSR count). The number of nitrogens with two attached hydrogens (primary N) is 1. The maximum Gasteiger partial charge on any atom is 0.250 e. The van der Waals surface area contributed by atoms with Gasteiger partial charge in [-0.2, -0.15) is 0 Å². The number of carbonyl (C=O) groups is 1. The molecule has 0 unspecified atom stereocenters. The molecule has 126 valence electrons. The van der Waals surface area contributed by atoms with Crippen molar-refractivity contribution in [3.63, 3.8) is 0 Å². The number of piperazine rings is 1. The molecule has 1 aliphatic heterocycles. The average Bonchev–Trinajstić information content (AvgIpc) is 2.56. The van der Waals surface area contributed by atoms with Gasteiger partial charge in [-0.3, -0.25) is 9.69 Å². The van der Waals surface area contributed by atoms with Crippen molar-refractivity contribution in [1.82, 2.24) is 9.88 Å². The fourth-order valence-electron chi connectivity index (χ4n) is 3.68. The number of pyridine rings is 1. The van der Waals surface area contributed by atoms with E-state index >= 15 is 0 Å². The van der Waals surface area contributed by atoms with Gasteiger partial charge in [0, 0.05) is 38.9 Å². The Bertz CT molecular complexity index is 552.